The molecule has 2 aromatic rings. The first-order chi connectivity index (χ1) is 13.2. The molecule has 28 heavy (non-hydrogen) atoms. The fourth-order valence-electron chi connectivity index (χ4n) is 3.95. The summed E-state index contributed by atoms with van der Waals surface area (Å²) >= 11 is 1.95. The van der Waals surface area contributed by atoms with Crippen LogP contribution in [0.4, 0.5) is 5.69 Å². The van der Waals surface area contributed by atoms with Gasteiger partial charge in [-0.15, -0.1) is 29.3 Å². The van der Waals surface area contributed by atoms with Gasteiger partial charge in [-0.3, -0.25) is 4.79 Å². The predicted molar refractivity (Wildman–Crippen MR) is 116 cm³/mol. The number of carbonyl (C=O) groups excluding carboxylic acids is 1. The second-order valence-electron chi connectivity index (χ2n) is 7.45. The lowest BCUT2D eigenvalue weighted by atomic mass is 10.1. The monoisotopic (exact) mass is 421 g/mol. The van der Waals surface area contributed by atoms with Crippen LogP contribution in [0.1, 0.15) is 60.7 Å². The molecule has 1 saturated heterocycles. The average molecular weight is 422 g/mol. The SMILES string of the molecule is Cc1c(C(=O)Nc2ccc(SC3CCCC3)cc2)nnn1C1CCNCC1.Cl. The number of nitrogens with zero attached hydrogens (tertiary/aromatic N) is 3. The van der Waals surface area contributed by atoms with Gasteiger partial charge in [0.2, 0.25) is 0 Å². The lowest BCUT2D eigenvalue weighted by molar-refractivity contribution is 0.102. The van der Waals surface area contributed by atoms with Gasteiger partial charge >= 0.3 is 0 Å². The largest absolute Gasteiger partial charge is 0.321 e. The molecule has 2 N–H and O–H groups in total. The molecule has 6 nitrogen and oxygen atoms in total. The number of amides is 1. The van der Waals surface area contributed by atoms with Crippen LogP contribution in [-0.4, -0.2) is 39.2 Å². The van der Waals surface area contributed by atoms with Crippen LogP contribution in [0.2, 0.25) is 0 Å². The van der Waals surface area contributed by atoms with E-state index in [9.17, 15) is 4.79 Å². The van der Waals surface area contributed by atoms with E-state index in [1.165, 1.54) is 30.6 Å². The highest BCUT2D eigenvalue weighted by atomic mass is 35.5. The number of aromatic nitrogens is 3. The average Bonchev–Trinajstić information content (AvgIpc) is 3.33. The molecule has 0 atom stereocenters. The third kappa shape index (κ3) is 4.88. The molecule has 152 valence electrons. The number of anilines is 1. The number of thioether (sulfide) groups is 1. The van der Waals surface area contributed by atoms with Crippen LogP contribution in [0.25, 0.3) is 0 Å². The van der Waals surface area contributed by atoms with Crippen molar-refractivity contribution >= 4 is 35.8 Å². The molecular formula is C20H28ClN5OS. The molecule has 2 fully saturated rings. The number of halogens is 1. The number of hydrogen-bond acceptors (Lipinski definition) is 5. The molecule has 1 aromatic heterocycles. The van der Waals surface area contributed by atoms with Gasteiger partial charge in [0.1, 0.15) is 0 Å². The van der Waals surface area contributed by atoms with Gasteiger partial charge in [0.05, 0.1) is 11.7 Å². The number of benzene rings is 1. The highest BCUT2D eigenvalue weighted by Crippen LogP contribution is 2.35. The normalized spacial score (nSPS) is 18.0. The molecule has 1 aliphatic heterocycles. The molecule has 0 unspecified atom stereocenters. The van der Waals surface area contributed by atoms with Crippen molar-refractivity contribution in [3.8, 4) is 0 Å². The highest BCUT2D eigenvalue weighted by molar-refractivity contribution is 8.00. The second-order valence-corrected chi connectivity index (χ2v) is 8.83. The van der Waals surface area contributed by atoms with Crippen molar-refractivity contribution < 1.29 is 4.79 Å². The van der Waals surface area contributed by atoms with Gasteiger partial charge in [0, 0.05) is 15.8 Å². The van der Waals surface area contributed by atoms with Crippen LogP contribution in [0, 0.1) is 6.92 Å². The molecule has 1 aliphatic carbocycles. The van der Waals surface area contributed by atoms with Crippen molar-refractivity contribution in [3.63, 3.8) is 0 Å². The Bertz CT molecular complexity index is 782. The summed E-state index contributed by atoms with van der Waals surface area (Å²) in [6.45, 7) is 3.89. The second kappa shape index (κ2) is 9.76. The molecule has 2 heterocycles. The first kappa shape index (κ1) is 21.1. The summed E-state index contributed by atoms with van der Waals surface area (Å²) in [5.41, 5.74) is 2.05. The zero-order valence-corrected chi connectivity index (χ0v) is 17.8. The molecule has 0 bridgehead atoms. The van der Waals surface area contributed by atoms with Crippen molar-refractivity contribution in [1.82, 2.24) is 20.3 Å². The minimum absolute atomic E-state index is 0. The van der Waals surface area contributed by atoms with Crippen LogP contribution in [-0.2, 0) is 0 Å². The Morgan fingerprint density at radius 2 is 1.82 bits per heavy atom. The fraction of sp³-hybridized carbons (Fsp3) is 0.550. The van der Waals surface area contributed by atoms with Crippen molar-refractivity contribution in [3.05, 3.63) is 35.7 Å². The number of piperidine rings is 1. The van der Waals surface area contributed by atoms with Gasteiger partial charge in [0.15, 0.2) is 5.69 Å². The van der Waals surface area contributed by atoms with E-state index in [0.717, 1.165) is 42.6 Å². The summed E-state index contributed by atoms with van der Waals surface area (Å²) < 4.78 is 1.91. The minimum atomic E-state index is -0.191. The summed E-state index contributed by atoms with van der Waals surface area (Å²) in [4.78, 5) is 13.9. The quantitative estimate of drug-likeness (QED) is 0.756. The molecule has 1 saturated carbocycles. The zero-order valence-electron chi connectivity index (χ0n) is 16.2. The Hall–Kier alpha value is -1.57. The van der Waals surface area contributed by atoms with E-state index in [4.69, 9.17) is 0 Å². The fourth-order valence-corrected chi connectivity index (χ4v) is 5.20. The van der Waals surface area contributed by atoms with Crippen LogP contribution in [0.5, 0.6) is 0 Å². The van der Waals surface area contributed by atoms with E-state index >= 15 is 0 Å². The van der Waals surface area contributed by atoms with Gasteiger partial charge in [-0.1, -0.05) is 18.1 Å². The molecular weight excluding hydrogens is 394 g/mol. The van der Waals surface area contributed by atoms with Crippen molar-refractivity contribution in [2.24, 2.45) is 0 Å². The zero-order chi connectivity index (χ0) is 18.6. The lowest BCUT2D eigenvalue weighted by Crippen LogP contribution is -2.30. The van der Waals surface area contributed by atoms with Crippen LogP contribution in [0.3, 0.4) is 0 Å². The maximum atomic E-state index is 12.7. The first-order valence-electron chi connectivity index (χ1n) is 9.91. The lowest BCUT2D eigenvalue weighted by Gasteiger charge is -2.23. The maximum Gasteiger partial charge on any atom is 0.278 e. The number of carbonyl (C=O) groups is 1. The van der Waals surface area contributed by atoms with Crippen molar-refractivity contribution in [1.29, 1.82) is 0 Å². The van der Waals surface area contributed by atoms with Gasteiger partial charge < -0.3 is 10.6 Å². The van der Waals surface area contributed by atoms with E-state index in [2.05, 4.69) is 33.1 Å². The number of hydrogen-bond donors (Lipinski definition) is 2. The Morgan fingerprint density at radius 1 is 1.14 bits per heavy atom. The summed E-state index contributed by atoms with van der Waals surface area (Å²) in [5, 5.41) is 15.5. The predicted octanol–water partition coefficient (Wildman–Crippen LogP) is 4.22. The summed E-state index contributed by atoms with van der Waals surface area (Å²) in [6.07, 6.45) is 7.37. The molecule has 8 heteroatoms. The Kier molecular flexibility index (Phi) is 7.37. The third-order valence-electron chi connectivity index (χ3n) is 5.51. The van der Waals surface area contributed by atoms with Crippen molar-refractivity contribution in [2.45, 2.75) is 61.6 Å². The standard InChI is InChI=1S/C20H27N5OS.ClH/c1-14-19(23-24-25(14)16-10-12-21-13-11-16)20(26)22-15-6-8-18(9-7-15)27-17-4-2-3-5-17;/h6-9,16-17,21H,2-5,10-13H2,1H3,(H,22,26);1H. The molecule has 4 rings (SSSR count). The maximum absolute atomic E-state index is 12.7. The third-order valence-corrected chi connectivity index (χ3v) is 6.86. The Balaban J connectivity index is 0.00000225. The molecule has 1 amide bonds. The Labute approximate surface area is 176 Å². The first-order valence-corrected chi connectivity index (χ1v) is 10.8. The molecule has 1 aromatic carbocycles. The van der Waals surface area contributed by atoms with Gasteiger partial charge in [-0.25, -0.2) is 4.68 Å². The topological polar surface area (TPSA) is 71.8 Å². The van der Waals surface area contributed by atoms with Crippen LogP contribution < -0.4 is 10.6 Å². The smallest absolute Gasteiger partial charge is 0.278 e. The van der Waals surface area contributed by atoms with E-state index in [1.54, 1.807) is 0 Å². The molecule has 0 spiro atoms. The summed E-state index contributed by atoms with van der Waals surface area (Å²) in [6, 6.07) is 8.46. The highest BCUT2D eigenvalue weighted by Gasteiger charge is 2.23. The Morgan fingerprint density at radius 3 is 2.50 bits per heavy atom. The van der Waals surface area contributed by atoms with E-state index in [-0.39, 0.29) is 18.3 Å². The van der Waals surface area contributed by atoms with Crippen LogP contribution in [0.15, 0.2) is 29.2 Å². The minimum Gasteiger partial charge on any atom is -0.321 e. The number of rotatable bonds is 5. The van der Waals surface area contributed by atoms with Crippen LogP contribution >= 0.6 is 24.2 Å². The van der Waals surface area contributed by atoms with E-state index < -0.39 is 0 Å². The molecule has 0 radical (unpaired) electrons. The van der Waals surface area contributed by atoms with E-state index in [0.29, 0.717) is 11.7 Å². The van der Waals surface area contributed by atoms with Gasteiger partial charge in [-0.05, 0) is 70.0 Å². The molecule has 2 aliphatic rings. The van der Waals surface area contributed by atoms with E-state index in [1.807, 2.05) is 35.5 Å². The van der Waals surface area contributed by atoms with Gasteiger partial charge in [-0.2, -0.15) is 0 Å². The van der Waals surface area contributed by atoms with Crippen molar-refractivity contribution in [2.75, 3.05) is 18.4 Å². The van der Waals surface area contributed by atoms with Gasteiger partial charge in [0.25, 0.3) is 5.91 Å². The number of nitrogens with one attached hydrogen (secondary N) is 2. The summed E-state index contributed by atoms with van der Waals surface area (Å²) in [7, 11) is 0. The summed E-state index contributed by atoms with van der Waals surface area (Å²) in [5.74, 6) is -0.191.